The van der Waals surface area contributed by atoms with Crippen molar-refractivity contribution in [3.05, 3.63) is 35.1 Å². The summed E-state index contributed by atoms with van der Waals surface area (Å²) in [5.74, 6) is -0.0320. The van der Waals surface area contributed by atoms with Crippen LogP contribution in [-0.2, 0) is 6.42 Å². The van der Waals surface area contributed by atoms with E-state index in [4.69, 9.17) is 0 Å². The van der Waals surface area contributed by atoms with E-state index < -0.39 is 0 Å². The maximum Gasteiger partial charge on any atom is 0.126 e. The molecule has 0 unspecified atom stereocenters. The molecule has 0 amide bonds. The maximum atomic E-state index is 13.7. The summed E-state index contributed by atoms with van der Waals surface area (Å²) in [6, 6.07) is 5.80. The summed E-state index contributed by atoms with van der Waals surface area (Å²) in [7, 11) is 0. The van der Waals surface area contributed by atoms with E-state index in [0.29, 0.717) is 6.04 Å². The van der Waals surface area contributed by atoms with Crippen molar-refractivity contribution in [1.82, 2.24) is 10.2 Å². The van der Waals surface area contributed by atoms with Crippen molar-refractivity contribution >= 4 is 0 Å². The lowest BCUT2D eigenvalue weighted by Gasteiger charge is -2.30. The third-order valence-electron chi connectivity index (χ3n) is 3.94. The van der Waals surface area contributed by atoms with Crippen LogP contribution in [0, 0.1) is 5.82 Å². The third kappa shape index (κ3) is 2.22. The molecule has 1 aromatic rings. The number of likely N-dealkylation sites (tertiary alicyclic amines) is 1. The number of hydrogen-bond acceptors (Lipinski definition) is 2. The average Bonchev–Trinajstić information content (AvgIpc) is 2.83. The van der Waals surface area contributed by atoms with Crippen LogP contribution in [0.2, 0.25) is 0 Å². The lowest BCUT2D eigenvalue weighted by molar-refractivity contribution is 0.286. The first-order valence-electron chi connectivity index (χ1n) is 6.57. The highest BCUT2D eigenvalue weighted by atomic mass is 19.1. The van der Waals surface area contributed by atoms with Gasteiger partial charge in [-0.3, -0.25) is 0 Å². The van der Waals surface area contributed by atoms with Crippen molar-refractivity contribution in [3.63, 3.8) is 0 Å². The van der Waals surface area contributed by atoms with Crippen LogP contribution in [-0.4, -0.2) is 31.1 Å². The van der Waals surface area contributed by atoms with Gasteiger partial charge in [0.1, 0.15) is 5.82 Å². The van der Waals surface area contributed by atoms with E-state index in [0.717, 1.165) is 25.1 Å². The Kier molecular flexibility index (Phi) is 3.12. The van der Waals surface area contributed by atoms with E-state index in [9.17, 15) is 4.39 Å². The zero-order chi connectivity index (χ0) is 11.7. The normalized spacial score (nSPS) is 24.9. The van der Waals surface area contributed by atoms with Crippen LogP contribution < -0.4 is 5.32 Å². The van der Waals surface area contributed by atoms with E-state index in [2.05, 4.69) is 16.3 Å². The van der Waals surface area contributed by atoms with Gasteiger partial charge in [-0.1, -0.05) is 12.1 Å². The van der Waals surface area contributed by atoms with Gasteiger partial charge in [0.05, 0.1) is 0 Å². The van der Waals surface area contributed by atoms with Crippen LogP contribution in [0.15, 0.2) is 18.2 Å². The first kappa shape index (κ1) is 11.2. The Morgan fingerprint density at radius 2 is 2.12 bits per heavy atom. The Labute approximate surface area is 102 Å². The Morgan fingerprint density at radius 3 is 2.94 bits per heavy atom. The fourth-order valence-electron chi connectivity index (χ4n) is 3.03. The molecule has 0 spiro atoms. The molecule has 0 bridgehead atoms. The van der Waals surface area contributed by atoms with Gasteiger partial charge < -0.3 is 10.2 Å². The van der Waals surface area contributed by atoms with Crippen LogP contribution >= 0.6 is 0 Å². The molecule has 0 aliphatic carbocycles. The fraction of sp³-hybridized carbons (Fsp3) is 0.571. The van der Waals surface area contributed by atoms with Gasteiger partial charge in [-0.2, -0.15) is 0 Å². The second-order valence-electron chi connectivity index (χ2n) is 5.07. The largest absolute Gasteiger partial charge is 0.309 e. The van der Waals surface area contributed by atoms with Crippen LogP contribution in [0.1, 0.15) is 30.0 Å². The number of nitrogens with zero attached hydrogens (tertiary/aromatic N) is 1. The molecule has 1 N–H and O–H groups in total. The first-order valence-corrected chi connectivity index (χ1v) is 6.57. The minimum absolute atomic E-state index is 0.0320. The van der Waals surface area contributed by atoms with Gasteiger partial charge in [0.15, 0.2) is 0 Å². The van der Waals surface area contributed by atoms with Crippen LogP contribution in [0.3, 0.4) is 0 Å². The quantitative estimate of drug-likeness (QED) is 0.843. The predicted molar refractivity (Wildman–Crippen MR) is 66.5 cm³/mol. The van der Waals surface area contributed by atoms with E-state index in [1.807, 2.05) is 6.07 Å². The SMILES string of the molecule is Fc1cccc2c1CCN[C@H]2CN1CCCC1. The highest BCUT2D eigenvalue weighted by molar-refractivity contribution is 5.34. The van der Waals surface area contributed by atoms with E-state index in [1.165, 1.54) is 31.5 Å². The standard InChI is InChI=1S/C14H19FN2/c15-13-5-3-4-12-11(13)6-7-16-14(12)10-17-8-1-2-9-17/h3-5,14,16H,1-2,6-10H2/t14-/m0/s1. The van der Waals surface area contributed by atoms with Gasteiger partial charge in [-0.15, -0.1) is 0 Å². The molecule has 0 aromatic heterocycles. The summed E-state index contributed by atoms with van der Waals surface area (Å²) >= 11 is 0. The highest BCUT2D eigenvalue weighted by Gasteiger charge is 2.24. The van der Waals surface area contributed by atoms with E-state index >= 15 is 0 Å². The van der Waals surface area contributed by atoms with Gasteiger partial charge in [0.25, 0.3) is 0 Å². The Morgan fingerprint density at radius 1 is 1.29 bits per heavy atom. The molecule has 2 heterocycles. The minimum atomic E-state index is -0.0320. The second kappa shape index (κ2) is 4.75. The summed E-state index contributed by atoms with van der Waals surface area (Å²) in [5, 5.41) is 3.52. The minimum Gasteiger partial charge on any atom is -0.309 e. The summed E-state index contributed by atoms with van der Waals surface area (Å²) < 4.78 is 13.7. The van der Waals surface area contributed by atoms with Crippen molar-refractivity contribution in [2.24, 2.45) is 0 Å². The third-order valence-corrected chi connectivity index (χ3v) is 3.94. The van der Waals surface area contributed by atoms with Crippen molar-refractivity contribution in [3.8, 4) is 0 Å². The summed E-state index contributed by atoms with van der Waals surface area (Å²) in [4.78, 5) is 2.48. The molecular formula is C14H19FN2. The molecule has 2 aliphatic rings. The van der Waals surface area contributed by atoms with Gasteiger partial charge >= 0.3 is 0 Å². The molecule has 2 nitrogen and oxygen atoms in total. The molecule has 3 rings (SSSR count). The van der Waals surface area contributed by atoms with E-state index in [-0.39, 0.29) is 5.82 Å². The smallest absolute Gasteiger partial charge is 0.126 e. The average molecular weight is 234 g/mol. The molecule has 0 radical (unpaired) electrons. The lowest BCUT2D eigenvalue weighted by atomic mass is 9.93. The predicted octanol–water partition coefficient (Wildman–Crippen LogP) is 2.11. The summed E-state index contributed by atoms with van der Waals surface area (Å²) in [6.45, 7) is 4.31. The summed E-state index contributed by atoms with van der Waals surface area (Å²) in [6.07, 6.45) is 3.43. The molecule has 1 fully saturated rings. The van der Waals surface area contributed by atoms with Crippen molar-refractivity contribution in [2.75, 3.05) is 26.2 Å². The van der Waals surface area contributed by atoms with Crippen molar-refractivity contribution in [2.45, 2.75) is 25.3 Å². The summed E-state index contributed by atoms with van der Waals surface area (Å²) in [5.41, 5.74) is 2.10. The maximum absolute atomic E-state index is 13.7. The highest BCUT2D eigenvalue weighted by Crippen LogP contribution is 2.26. The molecule has 92 valence electrons. The first-order chi connectivity index (χ1) is 8.34. The topological polar surface area (TPSA) is 15.3 Å². The number of fused-ring (bicyclic) bond motifs is 1. The van der Waals surface area contributed by atoms with Crippen LogP contribution in [0.5, 0.6) is 0 Å². The molecule has 1 saturated heterocycles. The van der Waals surface area contributed by atoms with Gasteiger partial charge in [0, 0.05) is 12.6 Å². The molecule has 0 saturated carbocycles. The monoisotopic (exact) mass is 234 g/mol. The Hall–Kier alpha value is -0.930. The zero-order valence-corrected chi connectivity index (χ0v) is 10.1. The van der Waals surface area contributed by atoms with Crippen LogP contribution in [0.4, 0.5) is 4.39 Å². The van der Waals surface area contributed by atoms with Gasteiger partial charge in [0.2, 0.25) is 0 Å². The zero-order valence-electron chi connectivity index (χ0n) is 10.1. The number of rotatable bonds is 2. The lowest BCUT2D eigenvalue weighted by Crippen LogP contribution is -2.38. The Balaban J connectivity index is 1.81. The number of nitrogens with one attached hydrogen (secondary N) is 1. The van der Waals surface area contributed by atoms with Gasteiger partial charge in [-0.05, 0) is 56.1 Å². The molecule has 1 aromatic carbocycles. The number of benzene rings is 1. The molecular weight excluding hydrogens is 215 g/mol. The molecule has 17 heavy (non-hydrogen) atoms. The molecule has 1 atom stereocenters. The van der Waals surface area contributed by atoms with Crippen molar-refractivity contribution in [1.29, 1.82) is 0 Å². The number of halogens is 1. The van der Waals surface area contributed by atoms with Crippen LogP contribution in [0.25, 0.3) is 0 Å². The van der Waals surface area contributed by atoms with Gasteiger partial charge in [-0.25, -0.2) is 4.39 Å². The molecule has 3 heteroatoms. The van der Waals surface area contributed by atoms with Crippen molar-refractivity contribution < 1.29 is 4.39 Å². The molecule has 2 aliphatic heterocycles. The number of hydrogen-bond donors (Lipinski definition) is 1. The fourth-order valence-corrected chi connectivity index (χ4v) is 3.03. The second-order valence-corrected chi connectivity index (χ2v) is 5.07. The Bertz CT molecular complexity index is 399. The van der Waals surface area contributed by atoms with E-state index in [1.54, 1.807) is 6.07 Å².